The minimum atomic E-state index is -3.80. The summed E-state index contributed by atoms with van der Waals surface area (Å²) < 4.78 is 26.6. The van der Waals surface area contributed by atoms with Crippen molar-refractivity contribution < 1.29 is 13.2 Å². The molecule has 3 aromatic rings. The van der Waals surface area contributed by atoms with Crippen LogP contribution in [0.2, 0.25) is 0 Å². The van der Waals surface area contributed by atoms with Crippen molar-refractivity contribution in [3.63, 3.8) is 0 Å². The molecule has 0 spiro atoms. The molecule has 1 N–H and O–H groups in total. The molecule has 1 amide bonds. The summed E-state index contributed by atoms with van der Waals surface area (Å²) in [6, 6.07) is 17.9. The van der Waals surface area contributed by atoms with E-state index >= 15 is 0 Å². The van der Waals surface area contributed by atoms with Gasteiger partial charge in [0.15, 0.2) is 5.03 Å². The summed E-state index contributed by atoms with van der Waals surface area (Å²) in [7, 11) is -3.80. The predicted octanol–water partition coefficient (Wildman–Crippen LogP) is 4.40. The van der Waals surface area contributed by atoms with Gasteiger partial charge in [-0.2, -0.15) is 0 Å². The van der Waals surface area contributed by atoms with E-state index in [1.807, 2.05) is 35.2 Å². The molecule has 6 nitrogen and oxygen atoms in total. The number of aromatic nitrogens is 2. The summed E-state index contributed by atoms with van der Waals surface area (Å²) >= 11 is 1.18. The zero-order chi connectivity index (χ0) is 21.8. The number of amides is 1. The van der Waals surface area contributed by atoms with Crippen molar-refractivity contribution in [2.75, 3.05) is 12.3 Å². The number of hydrogen-bond acceptors (Lipinski definition) is 5. The first-order valence-corrected chi connectivity index (χ1v) is 12.8. The van der Waals surface area contributed by atoms with E-state index in [2.05, 4.69) is 16.9 Å². The van der Waals surface area contributed by atoms with Gasteiger partial charge in [0.05, 0.1) is 10.6 Å². The maximum absolute atomic E-state index is 13.3. The quantitative estimate of drug-likeness (QED) is 0.557. The zero-order valence-electron chi connectivity index (χ0n) is 17.3. The first-order valence-electron chi connectivity index (χ1n) is 10.3. The molecule has 1 saturated heterocycles. The number of nitrogens with zero attached hydrogens (tertiary/aromatic N) is 2. The number of nitrogens with one attached hydrogen (secondary N) is 1. The van der Waals surface area contributed by atoms with Crippen molar-refractivity contribution in [2.24, 2.45) is 0 Å². The molecular formula is C23H25N3O3S2. The maximum Gasteiger partial charge on any atom is 0.233 e. The number of rotatable bonds is 6. The molecule has 1 aliphatic rings. The van der Waals surface area contributed by atoms with Gasteiger partial charge >= 0.3 is 0 Å². The van der Waals surface area contributed by atoms with Gasteiger partial charge in [-0.05, 0) is 38.3 Å². The van der Waals surface area contributed by atoms with Crippen LogP contribution in [0.5, 0.6) is 0 Å². The van der Waals surface area contributed by atoms with Gasteiger partial charge in [0, 0.05) is 18.2 Å². The molecule has 1 unspecified atom stereocenters. The Balaban J connectivity index is 1.65. The third-order valence-electron chi connectivity index (χ3n) is 5.46. The lowest BCUT2D eigenvalue weighted by Crippen LogP contribution is -2.42. The minimum absolute atomic E-state index is 0.0181. The molecular weight excluding hydrogens is 430 g/mol. The maximum atomic E-state index is 13.3. The number of sulfone groups is 1. The fraction of sp³-hybridized carbons (Fsp3) is 0.304. The third-order valence-corrected chi connectivity index (χ3v) is 8.28. The molecule has 31 heavy (non-hydrogen) atoms. The summed E-state index contributed by atoms with van der Waals surface area (Å²) in [5.41, 5.74) is 0.787. The lowest BCUT2D eigenvalue weighted by Gasteiger charge is -2.33. The second-order valence-electron chi connectivity index (χ2n) is 7.62. The number of benzene rings is 2. The van der Waals surface area contributed by atoms with Crippen LogP contribution < -0.4 is 0 Å². The van der Waals surface area contributed by atoms with Gasteiger partial charge < -0.3 is 9.88 Å². The normalized spacial score (nSPS) is 16.9. The molecule has 0 radical (unpaired) electrons. The fourth-order valence-electron chi connectivity index (χ4n) is 3.75. The van der Waals surface area contributed by atoms with Crippen molar-refractivity contribution >= 4 is 27.5 Å². The summed E-state index contributed by atoms with van der Waals surface area (Å²) in [4.78, 5) is 22.5. The second-order valence-corrected chi connectivity index (χ2v) is 10.5. The molecule has 2 heterocycles. The Hall–Kier alpha value is -2.58. The zero-order valence-corrected chi connectivity index (χ0v) is 19.0. The largest absolute Gasteiger partial charge is 0.339 e. The third kappa shape index (κ3) is 4.70. The van der Waals surface area contributed by atoms with E-state index < -0.39 is 9.84 Å². The monoisotopic (exact) mass is 455 g/mol. The highest BCUT2D eigenvalue weighted by molar-refractivity contribution is 8.00. The van der Waals surface area contributed by atoms with Crippen molar-refractivity contribution in [1.82, 2.24) is 14.9 Å². The molecule has 0 saturated carbocycles. The molecule has 2 aromatic carbocycles. The number of hydrogen-bond donors (Lipinski definition) is 1. The fourth-order valence-corrected chi connectivity index (χ4v) is 6.28. The van der Waals surface area contributed by atoms with Crippen LogP contribution in [0.1, 0.15) is 26.2 Å². The van der Waals surface area contributed by atoms with Crippen LogP contribution >= 0.6 is 11.8 Å². The number of aromatic amines is 1. The average molecular weight is 456 g/mol. The second kappa shape index (κ2) is 9.28. The Morgan fingerprint density at radius 2 is 1.77 bits per heavy atom. The number of imidazole rings is 1. The predicted molar refractivity (Wildman–Crippen MR) is 122 cm³/mol. The summed E-state index contributed by atoms with van der Waals surface area (Å²) in [5, 5.41) is 0.350. The van der Waals surface area contributed by atoms with Crippen LogP contribution in [0.3, 0.4) is 0 Å². The van der Waals surface area contributed by atoms with Crippen LogP contribution in [0, 0.1) is 0 Å². The van der Waals surface area contributed by atoms with Crippen LogP contribution in [0.25, 0.3) is 11.4 Å². The Morgan fingerprint density at radius 3 is 2.45 bits per heavy atom. The SMILES string of the molecule is CC1CCCCN1C(=O)CSc1nc(-c2ccccc2)[nH]c1S(=O)(=O)c1ccccc1. The highest BCUT2D eigenvalue weighted by atomic mass is 32.2. The number of H-pyrrole nitrogens is 1. The molecule has 0 bridgehead atoms. The van der Waals surface area contributed by atoms with Crippen LogP contribution in [0.4, 0.5) is 0 Å². The van der Waals surface area contributed by atoms with Crippen LogP contribution in [-0.4, -0.2) is 47.5 Å². The Bertz CT molecular complexity index is 1150. The van der Waals surface area contributed by atoms with Gasteiger partial charge in [-0.15, -0.1) is 0 Å². The highest BCUT2D eigenvalue weighted by Crippen LogP contribution is 2.32. The highest BCUT2D eigenvalue weighted by Gasteiger charge is 2.28. The van der Waals surface area contributed by atoms with Crippen LogP contribution in [0.15, 0.2) is 75.6 Å². The lowest BCUT2D eigenvalue weighted by molar-refractivity contribution is -0.131. The van der Waals surface area contributed by atoms with Gasteiger partial charge in [-0.1, -0.05) is 60.3 Å². The Labute approximate surface area is 187 Å². The standard InChI is InChI=1S/C23H25N3O3S2/c1-17-10-8-9-15-26(17)20(27)16-30-22-23(31(28,29)19-13-6-3-7-14-19)25-21(24-22)18-11-4-2-5-12-18/h2-7,11-14,17H,8-10,15-16H2,1H3,(H,24,25). The molecule has 1 atom stereocenters. The first kappa shape index (κ1) is 21.6. The smallest absolute Gasteiger partial charge is 0.233 e. The topological polar surface area (TPSA) is 83.1 Å². The first-order chi connectivity index (χ1) is 15.0. The van der Waals surface area contributed by atoms with E-state index in [1.165, 1.54) is 11.8 Å². The van der Waals surface area contributed by atoms with E-state index in [-0.39, 0.29) is 27.6 Å². The van der Waals surface area contributed by atoms with E-state index in [0.717, 1.165) is 31.4 Å². The van der Waals surface area contributed by atoms with Crippen molar-refractivity contribution in [1.29, 1.82) is 0 Å². The minimum Gasteiger partial charge on any atom is -0.339 e. The van der Waals surface area contributed by atoms with Crippen molar-refractivity contribution in [3.8, 4) is 11.4 Å². The summed E-state index contributed by atoms with van der Waals surface area (Å²) in [6.07, 6.45) is 3.15. The number of likely N-dealkylation sites (tertiary alicyclic amines) is 1. The number of carbonyl (C=O) groups excluding carboxylic acids is 1. The van der Waals surface area contributed by atoms with Gasteiger partial charge in [-0.3, -0.25) is 4.79 Å². The molecule has 1 fully saturated rings. The molecule has 1 aliphatic heterocycles. The van der Waals surface area contributed by atoms with E-state index in [4.69, 9.17) is 0 Å². The van der Waals surface area contributed by atoms with E-state index in [0.29, 0.717) is 10.9 Å². The van der Waals surface area contributed by atoms with Gasteiger partial charge in [0.25, 0.3) is 0 Å². The van der Waals surface area contributed by atoms with Crippen molar-refractivity contribution in [3.05, 3.63) is 60.7 Å². The number of thioether (sulfide) groups is 1. The van der Waals surface area contributed by atoms with Gasteiger partial charge in [0.2, 0.25) is 15.7 Å². The lowest BCUT2D eigenvalue weighted by atomic mass is 10.0. The number of piperidine rings is 1. The summed E-state index contributed by atoms with van der Waals surface area (Å²) in [5.74, 6) is 0.640. The average Bonchev–Trinajstić information content (AvgIpc) is 3.24. The van der Waals surface area contributed by atoms with Gasteiger partial charge in [-0.25, -0.2) is 13.4 Å². The number of carbonyl (C=O) groups is 1. The molecule has 162 valence electrons. The van der Waals surface area contributed by atoms with Gasteiger partial charge in [0.1, 0.15) is 10.9 Å². The Kier molecular flexibility index (Phi) is 6.48. The molecule has 4 rings (SSSR count). The van der Waals surface area contributed by atoms with Crippen molar-refractivity contribution in [2.45, 2.75) is 47.2 Å². The van der Waals surface area contributed by atoms with E-state index in [1.54, 1.807) is 30.3 Å². The Morgan fingerprint density at radius 1 is 1.10 bits per heavy atom. The van der Waals surface area contributed by atoms with E-state index in [9.17, 15) is 13.2 Å². The molecule has 1 aromatic heterocycles. The molecule has 0 aliphatic carbocycles. The van der Waals surface area contributed by atoms with Crippen LogP contribution in [-0.2, 0) is 14.6 Å². The molecule has 8 heteroatoms. The summed E-state index contributed by atoms with van der Waals surface area (Å²) in [6.45, 7) is 2.82.